The molecule has 66 valence electrons. The highest BCUT2D eigenvalue weighted by Crippen LogP contribution is 2.01. The van der Waals surface area contributed by atoms with Crippen molar-refractivity contribution in [3.63, 3.8) is 0 Å². The number of hydrogen-bond donors (Lipinski definition) is 1. The van der Waals surface area contributed by atoms with Gasteiger partial charge in [-0.3, -0.25) is 0 Å². The molecule has 0 aromatic carbocycles. The van der Waals surface area contributed by atoms with E-state index in [4.69, 9.17) is 5.11 Å². The van der Waals surface area contributed by atoms with Gasteiger partial charge in [0.1, 0.15) is 5.83 Å². The van der Waals surface area contributed by atoms with E-state index in [9.17, 15) is 9.18 Å². The minimum Gasteiger partial charge on any atom is -0.478 e. The molecule has 0 aliphatic carbocycles. The Morgan fingerprint density at radius 1 is 1.42 bits per heavy atom. The molecule has 0 heterocycles. The van der Waals surface area contributed by atoms with Gasteiger partial charge < -0.3 is 5.11 Å². The van der Waals surface area contributed by atoms with Crippen LogP contribution in [0.2, 0.25) is 0 Å². The summed E-state index contributed by atoms with van der Waals surface area (Å²) in [6.45, 7) is 3.16. The van der Waals surface area contributed by atoms with Crippen molar-refractivity contribution in [3.05, 3.63) is 35.7 Å². The van der Waals surface area contributed by atoms with Crippen LogP contribution in [0, 0.1) is 0 Å². The average molecular weight is 170 g/mol. The highest BCUT2D eigenvalue weighted by Gasteiger charge is 1.89. The summed E-state index contributed by atoms with van der Waals surface area (Å²) in [4.78, 5) is 10.1. The molecule has 1 N–H and O–H groups in total. The van der Waals surface area contributed by atoms with E-state index in [1.165, 1.54) is 18.2 Å². The van der Waals surface area contributed by atoms with Crippen molar-refractivity contribution < 1.29 is 14.3 Å². The fraction of sp³-hybridized carbons (Fsp3) is 0.222. The first-order valence-electron chi connectivity index (χ1n) is 3.47. The molecule has 0 atom stereocenters. The summed E-state index contributed by atoms with van der Waals surface area (Å²) in [5.74, 6) is -1.41. The molecule has 0 fully saturated rings. The lowest BCUT2D eigenvalue weighted by atomic mass is 10.2. The van der Waals surface area contributed by atoms with Gasteiger partial charge in [-0.15, -0.1) is 0 Å². The fourth-order valence-corrected chi connectivity index (χ4v) is 0.550. The van der Waals surface area contributed by atoms with E-state index in [1.54, 1.807) is 13.8 Å². The zero-order valence-corrected chi connectivity index (χ0v) is 7.04. The van der Waals surface area contributed by atoms with Gasteiger partial charge in [-0.1, -0.05) is 12.2 Å². The molecule has 0 bridgehead atoms. The van der Waals surface area contributed by atoms with Gasteiger partial charge in [-0.2, -0.15) is 0 Å². The number of aliphatic carboxylic acids is 1. The zero-order valence-electron chi connectivity index (χ0n) is 7.04. The zero-order chi connectivity index (χ0) is 9.56. The second-order valence-corrected chi connectivity index (χ2v) is 2.23. The van der Waals surface area contributed by atoms with Crippen LogP contribution < -0.4 is 0 Å². The molecular formula is C9H11FO2. The lowest BCUT2D eigenvalue weighted by molar-refractivity contribution is -0.131. The van der Waals surface area contributed by atoms with Crippen LogP contribution >= 0.6 is 0 Å². The molecule has 12 heavy (non-hydrogen) atoms. The van der Waals surface area contributed by atoms with Gasteiger partial charge in [-0.25, -0.2) is 9.18 Å². The molecule has 0 unspecified atom stereocenters. The third-order valence-corrected chi connectivity index (χ3v) is 1.13. The minimum atomic E-state index is -1.03. The van der Waals surface area contributed by atoms with Gasteiger partial charge in [0.2, 0.25) is 0 Å². The number of hydrogen-bond acceptors (Lipinski definition) is 1. The van der Waals surface area contributed by atoms with Crippen molar-refractivity contribution in [2.24, 2.45) is 0 Å². The number of halogens is 1. The Morgan fingerprint density at radius 3 is 2.42 bits per heavy atom. The van der Waals surface area contributed by atoms with Crippen LogP contribution in [0.1, 0.15) is 13.8 Å². The summed E-state index contributed by atoms with van der Waals surface area (Å²) in [5, 5.41) is 8.29. The Bertz CT molecular complexity index is 249. The lowest BCUT2D eigenvalue weighted by Gasteiger charge is -1.87. The van der Waals surface area contributed by atoms with Crippen LogP contribution in [0.25, 0.3) is 0 Å². The smallest absolute Gasteiger partial charge is 0.328 e. The monoisotopic (exact) mass is 170 g/mol. The molecular weight excluding hydrogens is 159 g/mol. The van der Waals surface area contributed by atoms with E-state index in [-0.39, 0.29) is 5.83 Å². The van der Waals surface area contributed by atoms with Crippen molar-refractivity contribution in [2.75, 3.05) is 0 Å². The Kier molecular flexibility index (Phi) is 4.69. The number of allylic oxidation sites excluding steroid dienone is 5. The Balaban J connectivity index is 4.27. The molecule has 0 aromatic heterocycles. The standard InChI is InChI=1S/C9H11FO2/c1-3-8(10)5-4-7(2)6-9(11)12/h3-6H,1-2H3,(H,11,12). The van der Waals surface area contributed by atoms with Crippen LogP contribution in [0.5, 0.6) is 0 Å². The molecule has 0 saturated heterocycles. The predicted octanol–water partition coefficient (Wildman–Crippen LogP) is 2.45. The van der Waals surface area contributed by atoms with Crippen LogP contribution in [0.15, 0.2) is 35.7 Å². The molecule has 0 rings (SSSR count). The van der Waals surface area contributed by atoms with Crippen molar-refractivity contribution in [1.82, 2.24) is 0 Å². The summed E-state index contributed by atoms with van der Waals surface area (Å²) >= 11 is 0. The van der Waals surface area contributed by atoms with E-state index in [0.29, 0.717) is 5.57 Å². The average Bonchev–Trinajstić information content (AvgIpc) is 1.99. The topological polar surface area (TPSA) is 37.3 Å². The maximum atomic E-state index is 12.4. The summed E-state index contributed by atoms with van der Waals surface area (Å²) in [6.07, 6.45) is 4.93. The molecule has 0 aliphatic rings. The van der Waals surface area contributed by atoms with Gasteiger partial charge in [-0.05, 0) is 25.5 Å². The van der Waals surface area contributed by atoms with Gasteiger partial charge in [0.05, 0.1) is 0 Å². The molecule has 0 amide bonds. The SMILES string of the molecule is CC=C(F)C=CC(C)=CC(=O)O. The minimum absolute atomic E-state index is 0.381. The second-order valence-electron chi connectivity index (χ2n) is 2.23. The highest BCUT2D eigenvalue weighted by atomic mass is 19.1. The number of carbonyl (C=O) groups is 1. The number of carboxylic acid groups (broad SMARTS) is 1. The first-order chi connectivity index (χ1) is 5.56. The molecule has 0 aromatic rings. The van der Waals surface area contributed by atoms with E-state index in [2.05, 4.69) is 0 Å². The van der Waals surface area contributed by atoms with Crippen molar-refractivity contribution in [1.29, 1.82) is 0 Å². The normalized spacial score (nSPS) is 13.9. The van der Waals surface area contributed by atoms with Crippen LogP contribution in [-0.4, -0.2) is 11.1 Å². The van der Waals surface area contributed by atoms with E-state index >= 15 is 0 Å². The Hall–Kier alpha value is -1.38. The number of rotatable bonds is 3. The molecule has 3 heteroatoms. The number of carboxylic acids is 1. The summed E-state index contributed by atoms with van der Waals surface area (Å²) in [5.41, 5.74) is 0.500. The van der Waals surface area contributed by atoms with E-state index in [1.807, 2.05) is 0 Å². The third-order valence-electron chi connectivity index (χ3n) is 1.13. The summed E-state index contributed by atoms with van der Waals surface area (Å²) in [6, 6.07) is 0. The maximum Gasteiger partial charge on any atom is 0.328 e. The van der Waals surface area contributed by atoms with Crippen LogP contribution in [0.3, 0.4) is 0 Å². The van der Waals surface area contributed by atoms with Gasteiger partial charge in [0.25, 0.3) is 0 Å². The van der Waals surface area contributed by atoms with E-state index < -0.39 is 5.97 Å². The second kappa shape index (κ2) is 5.29. The molecule has 0 aliphatic heterocycles. The highest BCUT2D eigenvalue weighted by molar-refractivity contribution is 5.81. The van der Waals surface area contributed by atoms with Crippen molar-refractivity contribution >= 4 is 5.97 Å². The Morgan fingerprint density at radius 2 is 2.00 bits per heavy atom. The van der Waals surface area contributed by atoms with Crippen LogP contribution in [0.4, 0.5) is 4.39 Å². The first-order valence-corrected chi connectivity index (χ1v) is 3.47. The third kappa shape index (κ3) is 5.41. The molecule has 0 radical (unpaired) electrons. The maximum absolute atomic E-state index is 12.4. The van der Waals surface area contributed by atoms with Crippen molar-refractivity contribution in [3.8, 4) is 0 Å². The predicted molar refractivity (Wildman–Crippen MR) is 45.4 cm³/mol. The summed E-state index contributed by atoms with van der Waals surface area (Å²) < 4.78 is 12.4. The largest absolute Gasteiger partial charge is 0.478 e. The fourth-order valence-electron chi connectivity index (χ4n) is 0.550. The van der Waals surface area contributed by atoms with Gasteiger partial charge in [0.15, 0.2) is 0 Å². The Labute approximate surface area is 70.7 Å². The van der Waals surface area contributed by atoms with E-state index in [0.717, 1.165) is 6.08 Å². The lowest BCUT2D eigenvalue weighted by Crippen LogP contribution is -1.87. The van der Waals surface area contributed by atoms with Crippen LogP contribution in [-0.2, 0) is 4.79 Å². The first kappa shape index (κ1) is 10.6. The van der Waals surface area contributed by atoms with Crippen molar-refractivity contribution in [2.45, 2.75) is 13.8 Å². The van der Waals surface area contributed by atoms with Gasteiger partial charge >= 0.3 is 5.97 Å². The molecule has 0 saturated carbocycles. The summed E-state index contributed by atoms with van der Waals surface area (Å²) in [7, 11) is 0. The molecule has 0 spiro atoms. The molecule has 2 nitrogen and oxygen atoms in total. The quantitative estimate of drug-likeness (QED) is 0.521. The van der Waals surface area contributed by atoms with Gasteiger partial charge in [0, 0.05) is 6.08 Å².